The Hall–Kier alpha value is -1.51. The normalized spacial score (nSPS) is 10.8. The van der Waals surface area contributed by atoms with Gasteiger partial charge in [0.2, 0.25) is 0 Å². The Kier molecular flexibility index (Phi) is 1.50. The van der Waals surface area contributed by atoms with Gasteiger partial charge in [-0.15, -0.1) is 0 Å². The van der Waals surface area contributed by atoms with Crippen LogP contribution in [-0.2, 0) is 6.54 Å². The molecule has 1 aromatic heterocycles. The molecule has 0 aliphatic carbocycles. The van der Waals surface area contributed by atoms with E-state index in [1.165, 1.54) is 0 Å². The maximum Gasteiger partial charge on any atom is 0.126 e. The van der Waals surface area contributed by atoms with Crippen molar-refractivity contribution >= 4 is 10.9 Å². The molecule has 3 nitrogen and oxygen atoms in total. The first kappa shape index (κ1) is 7.16. The molecule has 2 aromatic rings. The van der Waals surface area contributed by atoms with E-state index >= 15 is 0 Å². The summed E-state index contributed by atoms with van der Waals surface area (Å²) in [4.78, 5) is 0. The molecule has 1 heterocycles. The first-order valence-corrected chi connectivity index (χ1v) is 3.96. The van der Waals surface area contributed by atoms with Gasteiger partial charge < -0.3 is 5.11 Å². The van der Waals surface area contributed by atoms with Gasteiger partial charge in [-0.05, 0) is 19.1 Å². The van der Waals surface area contributed by atoms with Crippen molar-refractivity contribution < 1.29 is 5.11 Å². The van der Waals surface area contributed by atoms with Gasteiger partial charge in [-0.2, -0.15) is 5.10 Å². The average molecular weight is 162 g/mol. The summed E-state index contributed by atoms with van der Waals surface area (Å²) in [6.07, 6.45) is 1.69. The van der Waals surface area contributed by atoms with E-state index in [0.717, 1.165) is 17.4 Å². The van der Waals surface area contributed by atoms with E-state index in [1.54, 1.807) is 12.3 Å². The number of phenolic OH excluding ortho intramolecular Hbond substituents is 1. The Morgan fingerprint density at radius 3 is 3.08 bits per heavy atom. The van der Waals surface area contributed by atoms with E-state index in [0.29, 0.717) is 5.75 Å². The number of rotatable bonds is 1. The van der Waals surface area contributed by atoms with Crippen LogP contribution in [0.3, 0.4) is 0 Å². The quantitative estimate of drug-likeness (QED) is 0.693. The molecule has 0 saturated carbocycles. The minimum atomic E-state index is 0.298. The van der Waals surface area contributed by atoms with E-state index in [2.05, 4.69) is 5.10 Å². The average Bonchev–Trinajstić information content (AvgIpc) is 2.49. The Morgan fingerprint density at radius 1 is 1.50 bits per heavy atom. The molecule has 0 saturated heterocycles. The molecule has 0 radical (unpaired) electrons. The van der Waals surface area contributed by atoms with Gasteiger partial charge in [-0.3, -0.25) is 4.68 Å². The Labute approximate surface area is 70.2 Å². The van der Waals surface area contributed by atoms with Crippen LogP contribution in [0.25, 0.3) is 10.9 Å². The number of fused-ring (bicyclic) bond motifs is 1. The minimum Gasteiger partial charge on any atom is -0.507 e. The van der Waals surface area contributed by atoms with Crippen LogP contribution in [0.15, 0.2) is 24.4 Å². The largest absolute Gasteiger partial charge is 0.507 e. The molecule has 0 spiro atoms. The van der Waals surface area contributed by atoms with Crippen molar-refractivity contribution in [2.45, 2.75) is 13.5 Å². The Balaban J connectivity index is 2.80. The third-order valence-corrected chi connectivity index (χ3v) is 1.96. The summed E-state index contributed by atoms with van der Waals surface area (Å²) < 4.78 is 1.86. The molecule has 0 fully saturated rings. The zero-order chi connectivity index (χ0) is 8.55. The summed E-state index contributed by atoms with van der Waals surface area (Å²) in [6.45, 7) is 2.85. The second kappa shape index (κ2) is 2.52. The van der Waals surface area contributed by atoms with Gasteiger partial charge in [0.05, 0.1) is 17.1 Å². The van der Waals surface area contributed by atoms with Crippen molar-refractivity contribution in [2.75, 3.05) is 0 Å². The van der Waals surface area contributed by atoms with Crippen LogP contribution in [0.5, 0.6) is 5.75 Å². The van der Waals surface area contributed by atoms with Crippen molar-refractivity contribution in [1.82, 2.24) is 9.78 Å². The van der Waals surface area contributed by atoms with Gasteiger partial charge in [0.15, 0.2) is 0 Å². The monoisotopic (exact) mass is 162 g/mol. The lowest BCUT2D eigenvalue weighted by Gasteiger charge is -1.97. The van der Waals surface area contributed by atoms with Crippen molar-refractivity contribution in [3.63, 3.8) is 0 Å². The van der Waals surface area contributed by atoms with Gasteiger partial charge >= 0.3 is 0 Å². The van der Waals surface area contributed by atoms with Crippen LogP contribution in [0, 0.1) is 0 Å². The number of aromatic nitrogens is 2. The third-order valence-electron chi connectivity index (χ3n) is 1.96. The molecule has 3 heteroatoms. The highest BCUT2D eigenvalue weighted by Crippen LogP contribution is 2.23. The second-order valence-corrected chi connectivity index (χ2v) is 2.67. The van der Waals surface area contributed by atoms with E-state index in [1.807, 2.05) is 23.7 Å². The van der Waals surface area contributed by atoms with Gasteiger partial charge in [0.1, 0.15) is 5.75 Å². The third kappa shape index (κ3) is 0.863. The number of benzene rings is 1. The Bertz CT molecular complexity index is 406. The maximum absolute atomic E-state index is 9.43. The van der Waals surface area contributed by atoms with Gasteiger partial charge in [0.25, 0.3) is 0 Å². The summed E-state index contributed by atoms with van der Waals surface area (Å²) in [5.41, 5.74) is 0.984. The Morgan fingerprint density at radius 2 is 2.33 bits per heavy atom. The SMILES string of the molecule is CCn1ncc2c(O)cccc21. The fraction of sp³-hybridized carbons (Fsp3) is 0.222. The van der Waals surface area contributed by atoms with Crippen LogP contribution in [0.2, 0.25) is 0 Å². The van der Waals surface area contributed by atoms with Crippen LogP contribution in [-0.4, -0.2) is 14.9 Å². The van der Waals surface area contributed by atoms with Gasteiger partial charge in [-0.1, -0.05) is 6.07 Å². The molecule has 0 bridgehead atoms. The van der Waals surface area contributed by atoms with Crippen molar-refractivity contribution in [1.29, 1.82) is 0 Å². The number of phenols is 1. The predicted molar refractivity (Wildman–Crippen MR) is 47.1 cm³/mol. The number of aromatic hydroxyl groups is 1. The zero-order valence-electron chi connectivity index (χ0n) is 6.86. The van der Waals surface area contributed by atoms with Crippen LogP contribution in [0.1, 0.15) is 6.92 Å². The summed E-state index contributed by atoms with van der Waals surface area (Å²) in [5.74, 6) is 0.298. The highest BCUT2D eigenvalue weighted by atomic mass is 16.3. The smallest absolute Gasteiger partial charge is 0.126 e. The van der Waals surface area contributed by atoms with Crippen LogP contribution in [0.4, 0.5) is 0 Å². The summed E-state index contributed by atoms with van der Waals surface area (Å²) >= 11 is 0. The lowest BCUT2D eigenvalue weighted by atomic mass is 10.2. The number of aryl methyl sites for hydroxylation is 1. The molecule has 0 amide bonds. The van der Waals surface area contributed by atoms with Crippen molar-refractivity contribution in [2.24, 2.45) is 0 Å². The number of hydrogen-bond acceptors (Lipinski definition) is 2. The highest BCUT2D eigenvalue weighted by Gasteiger charge is 2.03. The topological polar surface area (TPSA) is 38.0 Å². The van der Waals surface area contributed by atoms with Crippen molar-refractivity contribution in [3.05, 3.63) is 24.4 Å². The molecule has 12 heavy (non-hydrogen) atoms. The predicted octanol–water partition coefficient (Wildman–Crippen LogP) is 1.76. The van der Waals surface area contributed by atoms with Crippen LogP contribution >= 0.6 is 0 Å². The molecule has 1 N–H and O–H groups in total. The van der Waals surface area contributed by atoms with E-state index in [-0.39, 0.29) is 0 Å². The first-order valence-electron chi connectivity index (χ1n) is 3.96. The number of hydrogen-bond donors (Lipinski definition) is 1. The number of nitrogens with zero attached hydrogens (tertiary/aromatic N) is 2. The second-order valence-electron chi connectivity index (χ2n) is 2.67. The fourth-order valence-electron chi connectivity index (χ4n) is 1.34. The highest BCUT2D eigenvalue weighted by molar-refractivity contribution is 5.84. The molecule has 0 aliphatic rings. The molecule has 0 unspecified atom stereocenters. The maximum atomic E-state index is 9.43. The lowest BCUT2D eigenvalue weighted by Crippen LogP contribution is -1.94. The van der Waals surface area contributed by atoms with Gasteiger partial charge in [-0.25, -0.2) is 0 Å². The molecule has 62 valence electrons. The first-order chi connectivity index (χ1) is 5.83. The van der Waals surface area contributed by atoms with E-state index in [9.17, 15) is 5.11 Å². The zero-order valence-corrected chi connectivity index (χ0v) is 6.86. The summed E-state index contributed by atoms with van der Waals surface area (Å²) in [5, 5.41) is 14.4. The summed E-state index contributed by atoms with van der Waals surface area (Å²) in [6, 6.07) is 5.45. The van der Waals surface area contributed by atoms with E-state index in [4.69, 9.17) is 0 Å². The molecule has 0 atom stereocenters. The van der Waals surface area contributed by atoms with Crippen molar-refractivity contribution in [3.8, 4) is 5.75 Å². The lowest BCUT2D eigenvalue weighted by molar-refractivity contribution is 0.481. The molecule has 2 rings (SSSR count). The van der Waals surface area contributed by atoms with Crippen LogP contribution < -0.4 is 0 Å². The van der Waals surface area contributed by atoms with E-state index < -0.39 is 0 Å². The summed E-state index contributed by atoms with van der Waals surface area (Å²) in [7, 11) is 0. The molecular formula is C9H10N2O. The molecular weight excluding hydrogens is 152 g/mol. The van der Waals surface area contributed by atoms with Gasteiger partial charge in [0, 0.05) is 6.54 Å². The molecule has 0 aliphatic heterocycles. The minimum absolute atomic E-state index is 0.298. The standard InChI is InChI=1S/C9H10N2O/c1-2-11-8-4-3-5-9(12)7(8)6-10-11/h3-6,12H,2H2,1H3. The molecule has 1 aromatic carbocycles. The fourth-order valence-corrected chi connectivity index (χ4v) is 1.34.